The third-order valence-corrected chi connectivity index (χ3v) is 6.27. The number of halogens is 5. The van der Waals surface area contributed by atoms with Crippen molar-refractivity contribution >= 4 is 57.4 Å². The number of nitro benzene ring substituents is 1. The molecule has 206 valence electrons. The fourth-order valence-corrected chi connectivity index (χ4v) is 4.01. The molecule has 0 unspecified atom stereocenters. The van der Waals surface area contributed by atoms with Crippen LogP contribution in [0.1, 0.15) is 26.3 Å². The number of carbonyl (C=O) groups excluding carboxylic acids is 1. The first kappa shape index (κ1) is 30.4. The van der Waals surface area contributed by atoms with Crippen LogP contribution < -0.4 is 10.1 Å². The van der Waals surface area contributed by atoms with Gasteiger partial charge in [0.15, 0.2) is 0 Å². The number of nitrogens with zero attached hydrogens (tertiary/aromatic N) is 1. The zero-order valence-corrected chi connectivity index (χ0v) is 22.9. The number of alkyl halides is 3. The molecular weight excluding hydrogens is 668 g/mol. The number of nitro groups is 1. The van der Waals surface area contributed by atoms with E-state index in [1.807, 2.05) is 54.6 Å². The van der Waals surface area contributed by atoms with E-state index in [9.17, 15) is 32.9 Å². The zero-order chi connectivity index (χ0) is 29.4. The van der Waals surface area contributed by atoms with Crippen LogP contribution >= 0.6 is 34.2 Å². The largest absolute Gasteiger partial charge is 0.477 e. The highest BCUT2D eigenvalue weighted by atomic mass is 127. The molecule has 2 N–H and O–H groups in total. The molecule has 0 aliphatic heterocycles. The summed E-state index contributed by atoms with van der Waals surface area (Å²) in [6.45, 7) is 0. The summed E-state index contributed by atoms with van der Waals surface area (Å²) in [6.07, 6.45) is -4.58. The molecule has 40 heavy (non-hydrogen) atoms. The van der Waals surface area contributed by atoms with Gasteiger partial charge in [0.2, 0.25) is 0 Å². The summed E-state index contributed by atoms with van der Waals surface area (Å²) >= 11 is 7.88. The van der Waals surface area contributed by atoms with Crippen LogP contribution in [0.15, 0.2) is 91.0 Å². The Labute approximate surface area is 243 Å². The minimum absolute atomic E-state index is 0.0730. The van der Waals surface area contributed by atoms with Gasteiger partial charge in [0.1, 0.15) is 17.1 Å². The van der Waals surface area contributed by atoms with Crippen molar-refractivity contribution in [2.24, 2.45) is 0 Å². The summed E-state index contributed by atoms with van der Waals surface area (Å²) in [5, 5.41) is 22.2. The lowest BCUT2D eigenvalue weighted by atomic mass is 10.1. The van der Waals surface area contributed by atoms with Crippen molar-refractivity contribution in [2.45, 2.75) is 6.18 Å². The van der Waals surface area contributed by atoms with Gasteiger partial charge < -0.3 is 15.2 Å². The number of hydrogen-bond donors (Lipinski definition) is 2. The highest BCUT2D eigenvalue weighted by molar-refractivity contribution is 14.1. The van der Waals surface area contributed by atoms with E-state index >= 15 is 0 Å². The van der Waals surface area contributed by atoms with Crippen molar-refractivity contribution in [3.8, 4) is 11.5 Å². The van der Waals surface area contributed by atoms with E-state index in [1.165, 1.54) is 0 Å². The van der Waals surface area contributed by atoms with Crippen LogP contribution in [0.2, 0.25) is 5.02 Å². The summed E-state index contributed by atoms with van der Waals surface area (Å²) in [7, 11) is 0. The Bertz CT molecular complexity index is 1550. The molecule has 0 heterocycles. The number of anilines is 1. The third kappa shape index (κ3) is 8.16. The summed E-state index contributed by atoms with van der Waals surface area (Å²) < 4.78 is 43.8. The maximum absolute atomic E-state index is 12.6. The lowest BCUT2D eigenvalue weighted by Gasteiger charge is -2.11. The van der Waals surface area contributed by atoms with E-state index in [0.29, 0.717) is 11.6 Å². The minimum atomic E-state index is -4.58. The van der Waals surface area contributed by atoms with Crippen LogP contribution in [-0.4, -0.2) is 21.9 Å². The maximum Gasteiger partial charge on any atom is 0.416 e. The standard InChI is InChI=1S/C14H7ClF3NO5.C13H10INO/c15-10-5-7(14(16,17)18)1-4-12(10)24-8-2-3-11(19(22)23)9(6-8)13(20)21;14-12-9-5-4-8-11(12)13(16)15-10-6-2-1-3-7-10/h1-6H,(H,20,21);1-9H,(H,15,16). The lowest BCUT2D eigenvalue weighted by Crippen LogP contribution is -2.13. The van der Waals surface area contributed by atoms with E-state index in [2.05, 4.69) is 27.9 Å². The first-order chi connectivity index (χ1) is 18.9. The van der Waals surface area contributed by atoms with Gasteiger partial charge in [-0.05, 0) is 71.1 Å². The predicted octanol–water partition coefficient (Wildman–Crippen LogP) is 8.30. The third-order valence-electron chi connectivity index (χ3n) is 5.03. The number of rotatable bonds is 6. The number of benzene rings is 4. The molecule has 0 saturated carbocycles. The van der Waals surface area contributed by atoms with Crippen LogP contribution in [0.5, 0.6) is 11.5 Å². The quantitative estimate of drug-likeness (QED) is 0.120. The van der Waals surface area contributed by atoms with Crippen LogP contribution in [0.3, 0.4) is 0 Å². The molecule has 4 rings (SSSR count). The van der Waals surface area contributed by atoms with Gasteiger partial charge in [-0.2, -0.15) is 13.2 Å². The van der Waals surface area contributed by atoms with Crippen LogP contribution in [-0.2, 0) is 6.18 Å². The van der Waals surface area contributed by atoms with Gasteiger partial charge in [-0.3, -0.25) is 14.9 Å². The van der Waals surface area contributed by atoms with Crippen molar-refractivity contribution in [3.63, 3.8) is 0 Å². The Hall–Kier alpha value is -4.17. The molecule has 13 heteroatoms. The highest BCUT2D eigenvalue weighted by Crippen LogP contribution is 2.37. The monoisotopic (exact) mass is 684 g/mol. The second-order valence-corrected chi connectivity index (χ2v) is 9.36. The number of aromatic carboxylic acids is 1. The minimum Gasteiger partial charge on any atom is -0.477 e. The highest BCUT2D eigenvalue weighted by Gasteiger charge is 2.31. The SMILES string of the molecule is O=C(Nc1ccccc1)c1ccccc1I.O=C(O)c1cc(Oc2ccc(C(F)(F)F)cc2Cl)ccc1[N+](=O)[O-]. The van der Waals surface area contributed by atoms with E-state index in [-0.39, 0.29) is 22.4 Å². The number of para-hydroxylation sites is 1. The van der Waals surface area contributed by atoms with Crippen LogP contribution in [0.25, 0.3) is 0 Å². The van der Waals surface area contributed by atoms with E-state index in [4.69, 9.17) is 21.4 Å². The molecule has 0 bridgehead atoms. The van der Waals surface area contributed by atoms with Gasteiger partial charge >= 0.3 is 12.1 Å². The van der Waals surface area contributed by atoms with Gasteiger partial charge in [-0.25, -0.2) is 4.79 Å². The Morgan fingerprint density at radius 3 is 2.15 bits per heavy atom. The smallest absolute Gasteiger partial charge is 0.416 e. The van der Waals surface area contributed by atoms with E-state index < -0.39 is 33.9 Å². The predicted molar refractivity (Wildman–Crippen MR) is 150 cm³/mol. The molecule has 0 aromatic heterocycles. The van der Waals surface area contributed by atoms with Crippen molar-refractivity contribution in [1.82, 2.24) is 0 Å². The number of ether oxygens (including phenoxy) is 1. The van der Waals surface area contributed by atoms with Crippen LogP contribution in [0.4, 0.5) is 24.5 Å². The normalized spacial score (nSPS) is 10.6. The second kappa shape index (κ2) is 13.3. The molecular formula is C27H17ClF3IN2O6. The Morgan fingerprint density at radius 2 is 1.57 bits per heavy atom. The first-order valence-electron chi connectivity index (χ1n) is 11.0. The summed E-state index contributed by atoms with van der Waals surface area (Å²) in [4.78, 5) is 32.8. The van der Waals surface area contributed by atoms with Crippen molar-refractivity contribution in [1.29, 1.82) is 0 Å². The number of hydrogen-bond acceptors (Lipinski definition) is 5. The van der Waals surface area contributed by atoms with Gasteiger partial charge in [-0.15, -0.1) is 0 Å². The zero-order valence-electron chi connectivity index (χ0n) is 20.0. The number of carbonyl (C=O) groups is 2. The van der Waals surface area contributed by atoms with Gasteiger partial charge in [-0.1, -0.05) is 41.9 Å². The molecule has 1 amide bonds. The topological polar surface area (TPSA) is 119 Å². The summed E-state index contributed by atoms with van der Waals surface area (Å²) in [6, 6.07) is 22.2. The fourth-order valence-electron chi connectivity index (χ4n) is 3.16. The lowest BCUT2D eigenvalue weighted by molar-refractivity contribution is -0.385. The Balaban J connectivity index is 0.000000238. The molecule has 4 aromatic rings. The Morgan fingerprint density at radius 1 is 0.925 bits per heavy atom. The summed E-state index contributed by atoms with van der Waals surface area (Å²) in [5.41, 5.74) is -0.734. The second-order valence-electron chi connectivity index (χ2n) is 7.79. The number of nitrogens with one attached hydrogen (secondary N) is 1. The van der Waals surface area contributed by atoms with Crippen molar-refractivity contribution in [3.05, 3.63) is 126 Å². The van der Waals surface area contributed by atoms with E-state index in [1.54, 1.807) is 0 Å². The molecule has 0 spiro atoms. The fraction of sp³-hybridized carbons (Fsp3) is 0.0370. The van der Waals surface area contributed by atoms with Gasteiger partial charge in [0.25, 0.3) is 11.6 Å². The van der Waals surface area contributed by atoms with Gasteiger partial charge in [0.05, 0.1) is 21.1 Å². The average molecular weight is 685 g/mol. The molecule has 0 radical (unpaired) electrons. The molecule has 4 aromatic carbocycles. The molecule has 0 aliphatic rings. The Kier molecular flexibility index (Phi) is 10.1. The molecule has 8 nitrogen and oxygen atoms in total. The van der Waals surface area contributed by atoms with E-state index in [0.717, 1.165) is 39.6 Å². The van der Waals surface area contributed by atoms with Gasteiger partial charge in [0, 0.05) is 21.4 Å². The molecule has 0 atom stereocenters. The summed E-state index contributed by atoms with van der Waals surface area (Å²) in [5.74, 6) is -1.91. The number of amides is 1. The molecule has 0 fully saturated rings. The van der Waals surface area contributed by atoms with Crippen molar-refractivity contribution < 1.29 is 37.5 Å². The molecule has 0 saturated heterocycles. The average Bonchev–Trinajstić information content (AvgIpc) is 2.90. The maximum atomic E-state index is 12.6. The first-order valence-corrected chi connectivity index (χ1v) is 12.5. The number of carboxylic acids is 1. The van der Waals surface area contributed by atoms with Crippen molar-refractivity contribution in [2.75, 3.05) is 5.32 Å². The molecule has 0 aliphatic carbocycles. The van der Waals surface area contributed by atoms with Crippen LogP contribution in [0, 0.1) is 13.7 Å². The number of carboxylic acid groups (broad SMARTS) is 1.